The van der Waals surface area contributed by atoms with Gasteiger partial charge in [-0.1, -0.05) is 18.5 Å². The number of halogens is 1. The summed E-state index contributed by atoms with van der Waals surface area (Å²) in [6.45, 7) is 5.74. The summed E-state index contributed by atoms with van der Waals surface area (Å²) in [6.07, 6.45) is 4.10. The van der Waals surface area contributed by atoms with Crippen LogP contribution in [-0.2, 0) is 0 Å². The normalized spacial score (nSPS) is 19.6. The molecular formula is C15H18ClN3O. The maximum Gasteiger partial charge on any atom is 0.272 e. The summed E-state index contributed by atoms with van der Waals surface area (Å²) in [6, 6.07) is 3.56. The molecule has 3 rings (SSSR count). The monoisotopic (exact) mass is 291 g/mol. The number of aryl methyl sites for hydroxylation is 1. The highest BCUT2D eigenvalue weighted by molar-refractivity contribution is 6.30. The van der Waals surface area contributed by atoms with E-state index in [1.54, 1.807) is 12.1 Å². The Hall–Kier alpha value is -1.55. The van der Waals surface area contributed by atoms with Gasteiger partial charge in [0.15, 0.2) is 0 Å². The lowest BCUT2D eigenvalue weighted by Crippen LogP contribution is -2.39. The number of nitrogens with zero attached hydrogens (tertiary/aromatic N) is 3. The van der Waals surface area contributed by atoms with Crippen LogP contribution in [0.15, 0.2) is 18.3 Å². The van der Waals surface area contributed by atoms with Crippen molar-refractivity contribution in [3.05, 3.63) is 34.7 Å². The van der Waals surface area contributed by atoms with Crippen molar-refractivity contribution in [1.82, 2.24) is 14.3 Å². The topological polar surface area (TPSA) is 37.6 Å². The van der Waals surface area contributed by atoms with E-state index >= 15 is 0 Å². The quantitative estimate of drug-likeness (QED) is 0.809. The summed E-state index contributed by atoms with van der Waals surface area (Å²) in [5.74, 6) is 0.644. The molecule has 5 heteroatoms. The molecule has 0 bridgehead atoms. The second-order valence-corrected chi connectivity index (χ2v) is 6.05. The molecule has 1 aliphatic heterocycles. The van der Waals surface area contributed by atoms with E-state index in [1.807, 2.05) is 22.4 Å². The zero-order chi connectivity index (χ0) is 14.3. The van der Waals surface area contributed by atoms with Crippen LogP contribution in [-0.4, -0.2) is 33.3 Å². The van der Waals surface area contributed by atoms with Crippen molar-refractivity contribution >= 4 is 23.2 Å². The molecule has 1 unspecified atom stereocenters. The minimum atomic E-state index is 0.0730. The van der Waals surface area contributed by atoms with Gasteiger partial charge in [0.25, 0.3) is 5.91 Å². The smallest absolute Gasteiger partial charge is 0.272 e. The number of pyridine rings is 1. The molecule has 0 aliphatic carbocycles. The molecule has 0 spiro atoms. The van der Waals surface area contributed by atoms with Crippen molar-refractivity contribution in [1.29, 1.82) is 0 Å². The maximum atomic E-state index is 12.8. The number of carbonyl (C=O) groups excluding carboxylic acids is 1. The van der Waals surface area contributed by atoms with Crippen LogP contribution < -0.4 is 0 Å². The summed E-state index contributed by atoms with van der Waals surface area (Å²) in [4.78, 5) is 19.1. The number of amides is 1. The van der Waals surface area contributed by atoms with Gasteiger partial charge >= 0.3 is 0 Å². The average Bonchev–Trinajstić information content (AvgIpc) is 2.73. The van der Waals surface area contributed by atoms with E-state index in [1.165, 1.54) is 6.42 Å². The standard InChI is InChI=1S/C15H18ClN3O/c1-10-4-3-6-18(9-10)15(20)14-11(2)17-13-8-12(16)5-7-19(13)14/h5,7-8,10H,3-4,6,9H2,1-2H3. The van der Waals surface area contributed by atoms with Gasteiger partial charge in [-0.15, -0.1) is 0 Å². The van der Waals surface area contributed by atoms with E-state index in [-0.39, 0.29) is 5.91 Å². The molecule has 0 aromatic carbocycles. The molecule has 0 N–H and O–H groups in total. The first-order valence-corrected chi connectivity index (χ1v) is 7.37. The van der Waals surface area contributed by atoms with Crippen LogP contribution in [0.25, 0.3) is 5.65 Å². The first kappa shape index (κ1) is 13.4. The number of hydrogen-bond donors (Lipinski definition) is 0. The van der Waals surface area contributed by atoms with Gasteiger partial charge in [-0.2, -0.15) is 0 Å². The molecule has 106 valence electrons. The predicted molar refractivity (Wildman–Crippen MR) is 79.2 cm³/mol. The Bertz CT molecular complexity index is 664. The van der Waals surface area contributed by atoms with Crippen LogP contribution in [0, 0.1) is 12.8 Å². The van der Waals surface area contributed by atoms with E-state index < -0.39 is 0 Å². The molecule has 0 radical (unpaired) electrons. The molecule has 3 heterocycles. The van der Waals surface area contributed by atoms with Crippen LogP contribution in [0.2, 0.25) is 5.02 Å². The minimum absolute atomic E-state index is 0.0730. The molecule has 1 saturated heterocycles. The molecule has 2 aromatic rings. The third kappa shape index (κ3) is 2.29. The zero-order valence-electron chi connectivity index (χ0n) is 11.8. The molecule has 1 atom stereocenters. The number of hydrogen-bond acceptors (Lipinski definition) is 2. The van der Waals surface area contributed by atoms with Crippen LogP contribution >= 0.6 is 11.6 Å². The van der Waals surface area contributed by atoms with Gasteiger partial charge < -0.3 is 4.90 Å². The van der Waals surface area contributed by atoms with Crippen molar-refractivity contribution in [2.24, 2.45) is 5.92 Å². The van der Waals surface area contributed by atoms with Gasteiger partial charge in [-0.25, -0.2) is 4.98 Å². The van der Waals surface area contributed by atoms with Gasteiger partial charge in [-0.05, 0) is 31.7 Å². The van der Waals surface area contributed by atoms with Crippen molar-refractivity contribution in [3.8, 4) is 0 Å². The third-order valence-corrected chi connectivity index (χ3v) is 4.14. The average molecular weight is 292 g/mol. The zero-order valence-corrected chi connectivity index (χ0v) is 12.5. The lowest BCUT2D eigenvalue weighted by atomic mass is 10.00. The lowest BCUT2D eigenvalue weighted by Gasteiger charge is -2.30. The fourth-order valence-corrected chi connectivity index (χ4v) is 3.07. The fraction of sp³-hybridized carbons (Fsp3) is 0.467. The Balaban J connectivity index is 2.00. The number of fused-ring (bicyclic) bond motifs is 1. The van der Waals surface area contributed by atoms with Gasteiger partial charge in [0.05, 0.1) is 5.69 Å². The van der Waals surface area contributed by atoms with Crippen LogP contribution in [0.4, 0.5) is 0 Å². The van der Waals surface area contributed by atoms with Gasteiger partial charge in [0.2, 0.25) is 0 Å². The van der Waals surface area contributed by atoms with Crippen molar-refractivity contribution in [3.63, 3.8) is 0 Å². The third-order valence-electron chi connectivity index (χ3n) is 3.91. The molecule has 2 aromatic heterocycles. The summed E-state index contributed by atoms with van der Waals surface area (Å²) in [5, 5.41) is 0.632. The highest BCUT2D eigenvalue weighted by atomic mass is 35.5. The van der Waals surface area contributed by atoms with Crippen molar-refractivity contribution in [2.75, 3.05) is 13.1 Å². The molecular weight excluding hydrogens is 274 g/mol. The second-order valence-electron chi connectivity index (χ2n) is 5.62. The Morgan fingerprint density at radius 1 is 1.50 bits per heavy atom. The first-order chi connectivity index (χ1) is 9.56. The fourth-order valence-electron chi connectivity index (χ4n) is 2.92. The molecule has 1 amide bonds. The predicted octanol–water partition coefficient (Wildman–Crippen LogP) is 3.17. The number of likely N-dealkylation sites (tertiary alicyclic amines) is 1. The number of piperidine rings is 1. The van der Waals surface area contributed by atoms with Crippen molar-refractivity contribution < 1.29 is 4.79 Å². The van der Waals surface area contributed by atoms with Gasteiger partial charge in [-0.3, -0.25) is 9.20 Å². The Kier molecular flexibility index (Phi) is 3.42. The van der Waals surface area contributed by atoms with E-state index in [0.717, 1.165) is 30.9 Å². The van der Waals surface area contributed by atoms with Crippen LogP contribution in [0.1, 0.15) is 35.9 Å². The van der Waals surface area contributed by atoms with E-state index in [9.17, 15) is 4.79 Å². The number of carbonyl (C=O) groups is 1. The molecule has 1 aliphatic rings. The highest BCUT2D eigenvalue weighted by Gasteiger charge is 2.26. The summed E-state index contributed by atoms with van der Waals surface area (Å²) in [5.41, 5.74) is 2.14. The largest absolute Gasteiger partial charge is 0.337 e. The Morgan fingerprint density at radius 2 is 2.30 bits per heavy atom. The first-order valence-electron chi connectivity index (χ1n) is 7.00. The summed E-state index contributed by atoms with van der Waals surface area (Å²) < 4.78 is 1.84. The van der Waals surface area contributed by atoms with Gasteiger partial charge in [0, 0.05) is 30.4 Å². The van der Waals surface area contributed by atoms with E-state index in [2.05, 4.69) is 11.9 Å². The Labute approximate surface area is 123 Å². The SMILES string of the molecule is Cc1nc2cc(Cl)ccn2c1C(=O)N1CCCC(C)C1. The molecule has 0 saturated carbocycles. The second kappa shape index (κ2) is 5.09. The minimum Gasteiger partial charge on any atom is -0.337 e. The summed E-state index contributed by atoms with van der Waals surface area (Å²) in [7, 11) is 0. The number of rotatable bonds is 1. The number of aromatic nitrogens is 2. The van der Waals surface area contributed by atoms with E-state index in [0.29, 0.717) is 16.6 Å². The Morgan fingerprint density at radius 3 is 3.05 bits per heavy atom. The lowest BCUT2D eigenvalue weighted by molar-refractivity contribution is 0.0675. The highest BCUT2D eigenvalue weighted by Crippen LogP contribution is 2.21. The van der Waals surface area contributed by atoms with Crippen LogP contribution in [0.3, 0.4) is 0 Å². The number of imidazole rings is 1. The van der Waals surface area contributed by atoms with Crippen molar-refractivity contribution in [2.45, 2.75) is 26.7 Å². The van der Waals surface area contributed by atoms with Gasteiger partial charge in [0.1, 0.15) is 11.3 Å². The maximum absolute atomic E-state index is 12.8. The van der Waals surface area contributed by atoms with Crippen LogP contribution in [0.5, 0.6) is 0 Å². The molecule has 20 heavy (non-hydrogen) atoms. The molecule has 1 fully saturated rings. The summed E-state index contributed by atoms with van der Waals surface area (Å²) >= 11 is 5.98. The van der Waals surface area contributed by atoms with E-state index in [4.69, 9.17) is 11.6 Å². The molecule has 4 nitrogen and oxygen atoms in total.